The third kappa shape index (κ3) is 3.05. The van der Waals surface area contributed by atoms with Crippen LogP contribution in [-0.4, -0.2) is 29.0 Å². The van der Waals surface area contributed by atoms with E-state index >= 15 is 0 Å². The van der Waals surface area contributed by atoms with Gasteiger partial charge in [-0.15, -0.1) is 24.8 Å². The molecule has 1 amide bonds. The molecule has 0 aliphatic carbocycles. The number of hydrogen-bond acceptors (Lipinski definition) is 3. The number of amides is 1. The van der Waals surface area contributed by atoms with Crippen LogP contribution in [0, 0.1) is 0 Å². The first kappa shape index (κ1) is 17.0. The van der Waals surface area contributed by atoms with Crippen molar-refractivity contribution in [2.45, 2.75) is 37.4 Å². The van der Waals surface area contributed by atoms with Gasteiger partial charge in [-0.1, -0.05) is 24.3 Å². The zero-order valence-corrected chi connectivity index (χ0v) is 13.6. The van der Waals surface area contributed by atoms with E-state index < -0.39 is 0 Å². The Morgan fingerprint density at radius 1 is 1.18 bits per heavy atom. The minimum absolute atomic E-state index is 0. The van der Waals surface area contributed by atoms with Gasteiger partial charge in [-0.25, -0.2) is 0 Å². The Morgan fingerprint density at radius 2 is 1.95 bits per heavy atom. The highest BCUT2D eigenvalue weighted by molar-refractivity contribution is 5.96. The number of fused-ring (bicyclic) bond motifs is 3. The van der Waals surface area contributed by atoms with Gasteiger partial charge in [-0.3, -0.25) is 9.78 Å². The molecular formula is C16H19Cl2N3O. The molecule has 4 rings (SSSR count). The molecule has 2 aliphatic heterocycles. The first-order valence-corrected chi connectivity index (χ1v) is 7.21. The lowest BCUT2D eigenvalue weighted by molar-refractivity contribution is 0.0926. The Balaban J connectivity index is 0.000000882. The summed E-state index contributed by atoms with van der Waals surface area (Å²) in [6, 6.07) is 11.1. The summed E-state index contributed by atoms with van der Waals surface area (Å²) in [7, 11) is 0. The number of rotatable bonds is 2. The number of halogens is 2. The van der Waals surface area contributed by atoms with Crippen LogP contribution in [0.3, 0.4) is 0 Å². The first-order valence-electron chi connectivity index (χ1n) is 7.21. The van der Waals surface area contributed by atoms with Crippen molar-refractivity contribution in [2.75, 3.05) is 0 Å². The molecule has 1 aromatic heterocycles. The highest BCUT2D eigenvalue weighted by Crippen LogP contribution is 2.28. The molecule has 1 aromatic carbocycles. The highest BCUT2D eigenvalue weighted by atomic mass is 35.5. The first-order chi connectivity index (χ1) is 9.79. The van der Waals surface area contributed by atoms with Gasteiger partial charge >= 0.3 is 0 Å². The third-order valence-corrected chi connectivity index (χ3v) is 4.48. The lowest BCUT2D eigenvalue weighted by Crippen LogP contribution is -2.43. The molecule has 6 heteroatoms. The van der Waals surface area contributed by atoms with Crippen LogP contribution in [0.4, 0.5) is 0 Å². The molecule has 2 saturated heterocycles. The predicted molar refractivity (Wildman–Crippen MR) is 92.1 cm³/mol. The molecule has 22 heavy (non-hydrogen) atoms. The van der Waals surface area contributed by atoms with Gasteiger partial charge in [0.05, 0.1) is 0 Å². The van der Waals surface area contributed by atoms with Crippen LogP contribution in [0.15, 0.2) is 36.5 Å². The van der Waals surface area contributed by atoms with Crippen molar-refractivity contribution in [1.29, 1.82) is 0 Å². The Morgan fingerprint density at radius 3 is 2.64 bits per heavy atom. The molecule has 0 saturated carbocycles. The maximum absolute atomic E-state index is 12.3. The Hall–Kier alpha value is -1.36. The van der Waals surface area contributed by atoms with E-state index in [1.54, 1.807) is 6.20 Å². The molecule has 2 aliphatic rings. The monoisotopic (exact) mass is 339 g/mol. The topological polar surface area (TPSA) is 54.0 Å². The van der Waals surface area contributed by atoms with E-state index in [9.17, 15) is 4.79 Å². The summed E-state index contributed by atoms with van der Waals surface area (Å²) in [6.07, 6.45) is 5.22. The van der Waals surface area contributed by atoms with Crippen LogP contribution in [0.2, 0.25) is 0 Å². The molecule has 0 spiro atoms. The van der Waals surface area contributed by atoms with E-state index in [4.69, 9.17) is 0 Å². The molecule has 4 nitrogen and oxygen atoms in total. The van der Waals surface area contributed by atoms with Gasteiger partial charge in [0.25, 0.3) is 5.91 Å². The number of nitrogens with one attached hydrogen (secondary N) is 2. The number of pyridine rings is 1. The van der Waals surface area contributed by atoms with Gasteiger partial charge in [0, 0.05) is 29.7 Å². The number of hydrogen-bond donors (Lipinski definition) is 2. The summed E-state index contributed by atoms with van der Waals surface area (Å²) >= 11 is 0. The summed E-state index contributed by atoms with van der Waals surface area (Å²) in [4.78, 5) is 16.6. The zero-order valence-electron chi connectivity index (χ0n) is 12.0. The summed E-state index contributed by atoms with van der Waals surface area (Å²) in [5.41, 5.74) is 0.506. The molecule has 2 aromatic rings. The minimum Gasteiger partial charge on any atom is -0.346 e. The van der Waals surface area contributed by atoms with E-state index in [1.807, 2.05) is 30.3 Å². The fraction of sp³-hybridized carbons (Fsp3) is 0.375. The minimum atomic E-state index is -0.0601. The second-order valence-electron chi connectivity index (χ2n) is 5.78. The molecule has 0 radical (unpaired) electrons. The molecule has 2 fully saturated rings. The maximum Gasteiger partial charge on any atom is 0.270 e. The van der Waals surface area contributed by atoms with Crippen molar-refractivity contribution in [3.05, 3.63) is 42.2 Å². The van der Waals surface area contributed by atoms with Crippen molar-refractivity contribution in [3.8, 4) is 0 Å². The highest BCUT2D eigenvalue weighted by Gasteiger charge is 2.39. The van der Waals surface area contributed by atoms with Gasteiger partial charge in [-0.05, 0) is 30.7 Å². The van der Waals surface area contributed by atoms with E-state index in [0.29, 0.717) is 17.8 Å². The fourth-order valence-corrected chi connectivity index (χ4v) is 3.43. The van der Waals surface area contributed by atoms with Gasteiger partial charge in [0.15, 0.2) is 0 Å². The lowest BCUT2D eigenvalue weighted by Gasteiger charge is -2.21. The summed E-state index contributed by atoms with van der Waals surface area (Å²) in [5.74, 6) is -0.0601. The fourth-order valence-electron chi connectivity index (χ4n) is 3.43. The van der Waals surface area contributed by atoms with E-state index in [-0.39, 0.29) is 36.8 Å². The standard InChI is InChI=1S/C16H17N3O.2ClH/c20-16(19-14-8-12-5-6-13(14)18-12)15-7-10-3-1-2-4-11(10)9-17-15;;/h1-4,7,9,12-14,18H,5-6,8H2,(H,19,20);2*1H/t12-,13+,14-;;/m1../s1. The van der Waals surface area contributed by atoms with Gasteiger partial charge in [0.2, 0.25) is 0 Å². The Kier molecular flexibility index (Phi) is 5.27. The number of carbonyl (C=O) groups excluding carboxylic acids is 1. The van der Waals surface area contributed by atoms with Gasteiger partial charge in [-0.2, -0.15) is 0 Å². The quantitative estimate of drug-likeness (QED) is 0.884. The average molecular weight is 340 g/mol. The van der Waals surface area contributed by atoms with Crippen LogP contribution in [0.25, 0.3) is 10.8 Å². The van der Waals surface area contributed by atoms with Crippen LogP contribution in [0.1, 0.15) is 29.8 Å². The van der Waals surface area contributed by atoms with Crippen molar-refractivity contribution in [2.24, 2.45) is 0 Å². The summed E-state index contributed by atoms with van der Waals surface area (Å²) in [5, 5.41) is 8.77. The van der Waals surface area contributed by atoms with Crippen LogP contribution < -0.4 is 10.6 Å². The molecule has 2 bridgehead atoms. The van der Waals surface area contributed by atoms with Crippen molar-refractivity contribution < 1.29 is 4.79 Å². The summed E-state index contributed by atoms with van der Waals surface area (Å²) in [6.45, 7) is 0. The second-order valence-corrected chi connectivity index (χ2v) is 5.78. The molecule has 3 heterocycles. The normalized spacial score (nSPS) is 25.4. The Bertz CT molecular complexity index is 679. The third-order valence-electron chi connectivity index (χ3n) is 4.48. The smallest absolute Gasteiger partial charge is 0.270 e. The SMILES string of the molecule is Cl.Cl.O=C(N[C@@H]1C[C@H]2CC[C@@H]1N2)c1cc2ccccc2cn1. The van der Waals surface area contributed by atoms with E-state index in [1.165, 1.54) is 12.8 Å². The largest absolute Gasteiger partial charge is 0.346 e. The van der Waals surface area contributed by atoms with Crippen LogP contribution in [-0.2, 0) is 0 Å². The van der Waals surface area contributed by atoms with Gasteiger partial charge in [0.1, 0.15) is 5.69 Å². The Labute approximate surface area is 141 Å². The van der Waals surface area contributed by atoms with E-state index in [0.717, 1.165) is 17.2 Å². The van der Waals surface area contributed by atoms with Crippen molar-refractivity contribution in [1.82, 2.24) is 15.6 Å². The average Bonchev–Trinajstić information content (AvgIpc) is 3.09. The maximum atomic E-state index is 12.3. The molecule has 0 unspecified atom stereocenters. The summed E-state index contributed by atoms with van der Waals surface area (Å²) < 4.78 is 0. The number of aromatic nitrogens is 1. The second kappa shape index (κ2) is 6.82. The van der Waals surface area contributed by atoms with E-state index in [2.05, 4.69) is 15.6 Å². The predicted octanol–water partition coefficient (Wildman–Crippen LogP) is 2.70. The number of benzene rings is 1. The molecule has 2 N–H and O–H groups in total. The molecular weight excluding hydrogens is 321 g/mol. The number of carbonyl (C=O) groups is 1. The lowest BCUT2D eigenvalue weighted by atomic mass is 9.95. The van der Waals surface area contributed by atoms with Crippen LogP contribution in [0.5, 0.6) is 0 Å². The van der Waals surface area contributed by atoms with Crippen molar-refractivity contribution in [3.63, 3.8) is 0 Å². The zero-order chi connectivity index (χ0) is 13.5. The van der Waals surface area contributed by atoms with Crippen molar-refractivity contribution >= 4 is 41.5 Å². The van der Waals surface area contributed by atoms with Gasteiger partial charge < -0.3 is 10.6 Å². The molecule has 118 valence electrons. The molecule has 3 atom stereocenters. The number of nitrogens with zero attached hydrogens (tertiary/aromatic N) is 1. The van der Waals surface area contributed by atoms with Crippen LogP contribution >= 0.6 is 24.8 Å².